The number of fused-ring (bicyclic) bond motifs is 7. The predicted molar refractivity (Wildman–Crippen MR) is 163 cm³/mol. The molecule has 5 aromatic rings. The number of benzene rings is 2. The van der Waals surface area contributed by atoms with Crippen LogP contribution in [0.25, 0.3) is 38.1 Å². The molecule has 0 unspecified atom stereocenters. The standard InChI is InChI=1S/C32H40S2Se/c1-3-5-7-9-11-13-15-23-17-19-27-25(21-23)29-30-26-22-24(16-14-12-10-8-6-4-2)18-20-28(26)34-32(30)35-31(29)33-27/h17-22H,3-16H2,1-2H3. The summed E-state index contributed by atoms with van der Waals surface area (Å²) < 4.78 is 6.32. The first-order chi connectivity index (χ1) is 17.3. The van der Waals surface area contributed by atoms with Crippen molar-refractivity contribution in [1.82, 2.24) is 0 Å². The fourth-order valence-electron chi connectivity index (χ4n) is 5.48. The van der Waals surface area contributed by atoms with E-state index >= 15 is 0 Å². The summed E-state index contributed by atoms with van der Waals surface area (Å²) in [5.41, 5.74) is 3.08. The molecular formula is C32H40S2Se. The molecule has 0 aliphatic carbocycles. The normalized spacial score (nSPS) is 12.2. The Balaban J connectivity index is 1.38. The summed E-state index contributed by atoms with van der Waals surface area (Å²) in [5, 5.41) is 6.28. The molecule has 3 heterocycles. The molecule has 2 aromatic carbocycles. The summed E-state index contributed by atoms with van der Waals surface area (Å²) in [4.78, 5) is 0. The van der Waals surface area contributed by atoms with Gasteiger partial charge >= 0.3 is 213 Å². The van der Waals surface area contributed by atoms with Gasteiger partial charge in [-0.05, 0) is 0 Å². The van der Waals surface area contributed by atoms with Crippen molar-refractivity contribution in [3.05, 3.63) is 47.5 Å². The minimum absolute atomic E-state index is 0.483. The molecular weight excluding hydrogens is 527 g/mol. The molecule has 35 heavy (non-hydrogen) atoms. The summed E-state index contributed by atoms with van der Waals surface area (Å²) in [6.07, 6.45) is 19.0. The summed E-state index contributed by atoms with van der Waals surface area (Å²) in [5.74, 6) is 0. The van der Waals surface area contributed by atoms with E-state index in [-0.39, 0.29) is 0 Å². The number of hydrogen-bond donors (Lipinski definition) is 0. The second-order valence-electron chi connectivity index (χ2n) is 10.3. The maximum absolute atomic E-state index is 2.55. The van der Waals surface area contributed by atoms with E-state index in [1.807, 2.05) is 0 Å². The Kier molecular flexibility index (Phi) is 9.05. The van der Waals surface area contributed by atoms with Crippen LogP contribution in [-0.2, 0) is 12.8 Å². The monoisotopic (exact) mass is 568 g/mol. The summed E-state index contributed by atoms with van der Waals surface area (Å²) in [6, 6.07) is 14.7. The Bertz CT molecular complexity index is 1280. The van der Waals surface area contributed by atoms with Gasteiger partial charge in [-0.15, -0.1) is 0 Å². The summed E-state index contributed by atoms with van der Waals surface area (Å²) in [6.45, 7) is 4.60. The van der Waals surface area contributed by atoms with Crippen LogP contribution < -0.4 is 0 Å². The average Bonchev–Trinajstić information content (AvgIpc) is 3.50. The van der Waals surface area contributed by atoms with Crippen molar-refractivity contribution in [2.24, 2.45) is 0 Å². The number of rotatable bonds is 14. The van der Waals surface area contributed by atoms with Crippen molar-refractivity contribution in [1.29, 1.82) is 0 Å². The van der Waals surface area contributed by atoms with E-state index in [0.717, 1.165) is 0 Å². The number of thiophene rings is 2. The van der Waals surface area contributed by atoms with Gasteiger partial charge in [0, 0.05) is 0 Å². The molecule has 0 saturated carbocycles. The minimum atomic E-state index is 0.483. The summed E-state index contributed by atoms with van der Waals surface area (Å²) >= 11 is 4.61. The molecule has 0 radical (unpaired) electrons. The predicted octanol–water partition coefficient (Wildman–Crippen LogP) is 11.3. The van der Waals surface area contributed by atoms with E-state index in [0.29, 0.717) is 14.5 Å². The molecule has 0 nitrogen and oxygen atoms in total. The Morgan fingerprint density at radius 3 is 1.43 bits per heavy atom. The average molecular weight is 568 g/mol. The molecule has 0 amide bonds. The first-order valence-corrected chi connectivity index (χ1v) is 17.4. The van der Waals surface area contributed by atoms with E-state index < -0.39 is 0 Å². The molecule has 0 saturated heterocycles. The van der Waals surface area contributed by atoms with E-state index in [1.165, 1.54) is 121 Å². The topological polar surface area (TPSA) is 0 Å². The van der Waals surface area contributed by atoms with Crippen LogP contribution in [0.2, 0.25) is 0 Å². The van der Waals surface area contributed by atoms with Crippen LogP contribution in [0.15, 0.2) is 36.4 Å². The van der Waals surface area contributed by atoms with E-state index in [9.17, 15) is 0 Å². The Morgan fingerprint density at radius 1 is 0.543 bits per heavy atom. The van der Waals surface area contributed by atoms with Crippen molar-refractivity contribution >= 4 is 75.3 Å². The van der Waals surface area contributed by atoms with Crippen LogP contribution in [0, 0.1) is 0 Å². The van der Waals surface area contributed by atoms with Crippen LogP contribution in [0.3, 0.4) is 0 Å². The zero-order valence-electron chi connectivity index (χ0n) is 21.6. The van der Waals surface area contributed by atoms with Crippen LogP contribution >= 0.6 is 22.7 Å². The second-order valence-corrected chi connectivity index (χ2v) is 15.7. The molecule has 3 heteroatoms. The van der Waals surface area contributed by atoms with Gasteiger partial charge in [0.05, 0.1) is 0 Å². The maximum atomic E-state index is 2.55. The molecule has 0 spiro atoms. The zero-order chi connectivity index (χ0) is 24.0. The van der Waals surface area contributed by atoms with Gasteiger partial charge in [-0.1, -0.05) is 13.8 Å². The van der Waals surface area contributed by atoms with Gasteiger partial charge in [0.25, 0.3) is 0 Å². The molecule has 186 valence electrons. The fraction of sp³-hybridized carbons (Fsp3) is 0.500. The van der Waals surface area contributed by atoms with E-state index in [1.54, 1.807) is 17.9 Å². The van der Waals surface area contributed by atoms with Gasteiger partial charge in [-0.2, -0.15) is 0 Å². The molecule has 0 fully saturated rings. The molecule has 0 aliphatic rings. The first kappa shape index (κ1) is 25.5. The number of aryl methyl sites for hydroxylation is 2. The third kappa shape index (κ3) is 5.90. The SMILES string of the molecule is CCCCCCCCc1ccc2sc3[se]c4sc5ccc(CCCCCCCC)cc5c4c3c2c1. The van der Waals surface area contributed by atoms with Crippen molar-refractivity contribution in [2.45, 2.75) is 104 Å². The van der Waals surface area contributed by atoms with Gasteiger partial charge in [0.15, 0.2) is 0 Å². The van der Waals surface area contributed by atoms with Crippen LogP contribution in [0.1, 0.15) is 102 Å². The van der Waals surface area contributed by atoms with Gasteiger partial charge in [-0.25, -0.2) is 0 Å². The first-order valence-electron chi connectivity index (χ1n) is 14.1. The van der Waals surface area contributed by atoms with Gasteiger partial charge < -0.3 is 0 Å². The molecule has 3 aromatic heterocycles. The van der Waals surface area contributed by atoms with Crippen molar-refractivity contribution in [3.8, 4) is 0 Å². The van der Waals surface area contributed by atoms with Gasteiger partial charge in [0.1, 0.15) is 0 Å². The van der Waals surface area contributed by atoms with Gasteiger partial charge in [0.2, 0.25) is 0 Å². The Labute approximate surface area is 225 Å². The van der Waals surface area contributed by atoms with Crippen LogP contribution in [-0.4, -0.2) is 14.5 Å². The van der Waals surface area contributed by atoms with Gasteiger partial charge in [-0.3, -0.25) is 0 Å². The molecule has 0 N–H and O–H groups in total. The van der Waals surface area contributed by atoms with Crippen molar-refractivity contribution in [2.75, 3.05) is 0 Å². The van der Waals surface area contributed by atoms with Crippen molar-refractivity contribution < 1.29 is 0 Å². The summed E-state index contributed by atoms with van der Waals surface area (Å²) in [7, 11) is 0. The molecule has 5 rings (SSSR count). The second kappa shape index (κ2) is 12.4. The molecule has 0 atom stereocenters. The van der Waals surface area contributed by atoms with Crippen molar-refractivity contribution in [3.63, 3.8) is 0 Å². The Morgan fingerprint density at radius 2 is 0.971 bits per heavy atom. The fourth-order valence-corrected chi connectivity index (χ4v) is 11.9. The van der Waals surface area contributed by atoms with E-state index in [4.69, 9.17) is 0 Å². The number of hydrogen-bond acceptors (Lipinski definition) is 2. The quantitative estimate of drug-likeness (QED) is 0.0925. The third-order valence-electron chi connectivity index (χ3n) is 7.51. The molecule has 0 bridgehead atoms. The molecule has 0 aliphatic heterocycles. The van der Waals surface area contributed by atoms with Crippen LogP contribution in [0.4, 0.5) is 0 Å². The van der Waals surface area contributed by atoms with Crippen LogP contribution in [0.5, 0.6) is 0 Å². The number of unbranched alkanes of at least 4 members (excludes halogenated alkanes) is 10. The third-order valence-corrected chi connectivity index (χ3v) is 13.0. The van der Waals surface area contributed by atoms with E-state index in [2.05, 4.69) is 72.9 Å². The Hall–Kier alpha value is -1.12. The zero-order valence-corrected chi connectivity index (χ0v) is 24.9.